The van der Waals surface area contributed by atoms with Gasteiger partial charge in [-0.1, -0.05) is 0 Å². The number of rotatable bonds is 2. The lowest BCUT2D eigenvalue weighted by Gasteiger charge is -2.60. The number of imide groups is 1. The van der Waals surface area contributed by atoms with E-state index in [0.29, 0.717) is 31.6 Å². The summed E-state index contributed by atoms with van der Waals surface area (Å²) in [5.41, 5.74) is 2.19. The van der Waals surface area contributed by atoms with Gasteiger partial charge in [0.05, 0.1) is 0 Å². The van der Waals surface area contributed by atoms with E-state index >= 15 is 0 Å². The number of nitrogens with zero attached hydrogens (tertiary/aromatic N) is 3. The summed E-state index contributed by atoms with van der Waals surface area (Å²) in [5.74, 6) is -0.842. The van der Waals surface area contributed by atoms with Gasteiger partial charge in [0.25, 0.3) is 5.91 Å². The molecule has 0 aromatic heterocycles. The monoisotopic (exact) mass is 440 g/mol. The van der Waals surface area contributed by atoms with Gasteiger partial charge in [-0.3, -0.25) is 19.7 Å². The Kier molecular flexibility index (Phi) is 4.51. The largest absolute Gasteiger partial charge is 0.444 e. The summed E-state index contributed by atoms with van der Waals surface area (Å²) in [4.78, 5) is 54.2. The maximum atomic E-state index is 12.8. The minimum absolute atomic E-state index is 0.116. The fourth-order valence-electron chi connectivity index (χ4n) is 5.12. The van der Waals surface area contributed by atoms with Gasteiger partial charge < -0.3 is 19.4 Å². The number of piperidine rings is 1. The lowest BCUT2D eigenvalue weighted by molar-refractivity contribution is -0.136. The summed E-state index contributed by atoms with van der Waals surface area (Å²) in [7, 11) is 0. The zero-order chi connectivity index (χ0) is 22.8. The second kappa shape index (κ2) is 6.95. The third kappa shape index (κ3) is 3.49. The van der Waals surface area contributed by atoms with E-state index in [-0.39, 0.29) is 29.7 Å². The Bertz CT molecular complexity index is 1020. The third-order valence-electron chi connectivity index (χ3n) is 6.63. The molecule has 4 aliphatic rings. The van der Waals surface area contributed by atoms with E-state index in [2.05, 4.69) is 10.2 Å². The SMILES string of the molecule is CC(C)(C)OC(=O)N1CC2(C1)CN(c1ccc3c(c1)CN(C1CCC(=O)NC1=O)C3=O)C2. The standard InChI is InChI=1S/C23H28N4O5/c1-22(2,3)32-21(31)26-12-23(13-26)10-25(11-23)15-4-5-16-14(8-15)9-27(20(16)30)17-6-7-18(28)24-19(17)29/h4-5,8,17H,6-7,9-13H2,1-3H3,(H,24,28,29). The van der Waals surface area contributed by atoms with E-state index in [1.807, 2.05) is 39.0 Å². The van der Waals surface area contributed by atoms with Gasteiger partial charge in [0, 0.05) is 55.8 Å². The molecule has 32 heavy (non-hydrogen) atoms. The number of fused-ring (bicyclic) bond motifs is 1. The van der Waals surface area contributed by atoms with E-state index in [9.17, 15) is 19.2 Å². The van der Waals surface area contributed by atoms with Crippen LogP contribution in [0.15, 0.2) is 18.2 Å². The zero-order valence-corrected chi connectivity index (χ0v) is 18.6. The molecule has 5 rings (SSSR count). The summed E-state index contributed by atoms with van der Waals surface area (Å²) in [6, 6.07) is 5.20. The second-order valence-electron chi connectivity index (χ2n) is 10.4. The predicted molar refractivity (Wildman–Crippen MR) is 115 cm³/mol. The molecule has 1 aromatic rings. The van der Waals surface area contributed by atoms with Crippen LogP contribution in [0.25, 0.3) is 0 Å². The van der Waals surface area contributed by atoms with Crippen LogP contribution in [0.1, 0.15) is 49.5 Å². The van der Waals surface area contributed by atoms with Crippen LogP contribution < -0.4 is 10.2 Å². The van der Waals surface area contributed by atoms with E-state index in [0.717, 1.165) is 24.3 Å². The highest BCUT2D eigenvalue weighted by molar-refractivity contribution is 6.05. The molecule has 170 valence electrons. The van der Waals surface area contributed by atoms with Crippen molar-refractivity contribution in [2.75, 3.05) is 31.1 Å². The van der Waals surface area contributed by atoms with Gasteiger partial charge in [-0.15, -0.1) is 0 Å². The van der Waals surface area contributed by atoms with E-state index in [1.165, 1.54) is 0 Å². The number of benzene rings is 1. The molecule has 4 heterocycles. The van der Waals surface area contributed by atoms with Crippen molar-refractivity contribution in [2.45, 2.75) is 51.8 Å². The summed E-state index contributed by atoms with van der Waals surface area (Å²) >= 11 is 0. The van der Waals surface area contributed by atoms with Crippen LogP contribution in [0.2, 0.25) is 0 Å². The third-order valence-corrected chi connectivity index (χ3v) is 6.63. The minimum Gasteiger partial charge on any atom is -0.444 e. The van der Waals surface area contributed by atoms with Crippen molar-refractivity contribution < 1.29 is 23.9 Å². The van der Waals surface area contributed by atoms with Gasteiger partial charge in [0.2, 0.25) is 11.8 Å². The molecule has 1 aromatic carbocycles. The molecule has 1 atom stereocenters. The van der Waals surface area contributed by atoms with Crippen molar-refractivity contribution in [2.24, 2.45) is 5.41 Å². The van der Waals surface area contributed by atoms with Crippen molar-refractivity contribution in [3.63, 3.8) is 0 Å². The molecule has 1 unspecified atom stereocenters. The lowest BCUT2D eigenvalue weighted by Crippen LogP contribution is -2.73. The predicted octanol–water partition coefficient (Wildman–Crippen LogP) is 1.50. The van der Waals surface area contributed by atoms with Crippen LogP contribution in [0.3, 0.4) is 0 Å². The Morgan fingerprint density at radius 2 is 1.84 bits per heavy atom. The number of hydrogen-bond acceptors (Lipinski definition) is 6. The fraction of sp³-hybridized carbons (Fsp3) is 0.565. The molecule has 0 radical (unpaired) electrons. The molecule has 9 heteroatoms. The van der Waals surface area contributed by atoms with Crippen molar-refractivity contribution in [3.05, 3.63) is 29.3 Å². The smallest absolute Gasteiger partial charge is 0.410 e. The van der Waals surface area contributed by atoms with E-state index in [1.54, 1.807) is 9.80 Å². The molecule has 0 aliphatic carbocycles. The Balaban J connectivity index is 1.20. The van der Waals surface area contributed by atoms with Crippen LogP contribution >= 0.6 is 0 Å². The molecular weight excluding hydrogens is 412 g/mol. The normalized spacial score (nSPS) is 24.2. The molecule has 1 spiro atoms. The Hall–Kier alpha value is -3.10. The molecule has 1 N–H and O–H groups in total. The first-order valence-electron chi connectivity index (χ1n) is 11.0. The van der Waals surface area contributed by atoms with Crippen molar-refractivity contribution in [1.29, 1.82) is 0 Å². The highest BCUT2D eigenvalue weighted by Crippen LogP contribution is 2.43. The zero-order valence-electron chi connectivity index (χ0n) is 18.6. The molecule has 3 saturated heterocycles. The van der Waals surface area contributed by atoms with Crippen LogP contribution in [0, 0.1) is 5.41 Å². The number of nitrogens with one attached hydrogen (secondary N) is 1. The average molecular weight is 441 g/mol. The summed E-state index contributed by atoms with van der Waals surface area (Å²) in [5, 5.41) is 2.33. The van der Waals surface area contributed by atoms with Gasteiger partial charge in [-0.05, 0) is 51.0 Å². The maximum absolute atomic E-state index is 12.8. The van der Waals surface area contributed by atoms with Crippen LogP contribution in [0.5, 0.6) is 0 Å². The van der Waals surface area contributed by atoms with E-state index in [4.69, 9.17) is 4.74 Å². The summed E-state index contributed by atoms with van der Waals surface area (Å²) in [6.07, 6.45) is 0.351. The number of likely N-dealkylation sites (tertiary alicyclic amines) is 1. The Morgan fingerprint density at radius 1 is 1.12 bits per heavy atom. The highest BCUT2D eigenvalue weighted by Gasteiger charge is 2.54. The molecule has 4 amide bonds. The van der Waals surface area contributed by atoms with Crippen LogP contribution in [0.4, 0.5) is 10.5 Å². The van der Waals surface area contributed by atoms with E-state index < -0.39 is 17.6 Å². The van der Waals surface area contributed by atoms with Gasteiger partial charge in [0.1, 0.15) is 11.6 Å². The molecule has 3 fully saturated rings. The van der Waals surface area contributed by atoms with Gasteiger partial charge in [-0.25, -0.2) is 4.79 Å². The molecule has 0 bridgehead atoms. The topological polar surface area (TPSA) is 99.3 Å². The summed E-state index contributed by atoms with van der Waals surface area (Å²) in [6.45, 7) is 9.09. The second-order valence-corrected chi connectivity index (χ2v) is 10.4. The van der Waals surface area contributed by atoms with Gasteiger partial charge >= 0.3 is 6.09 Å². The first-order valence-corrected chi connectivity index (χ1v) is 11.0. The molecule has 0 saturated carbocycles. The van der Waals surface area contributed by atoms with Crippen molar-refractivity contribution in [3.8, 4) is 0 Å². The molecule has 4 aliphatic heterocycles. The van der Waals surface area contributed by atoms with Crippen molar-refractivity contribution in [1.82, 2.24) is 15.1 Å². The first kappa shape index (κ1) is 20.8. The minimum atomic E-state index is -0.600. The number of amides is 4. The summed E-state index contributed by atoms with van der Waals surface area (Å²) < 4.78 is 5.44. The number of hydrogen-bond donors (Lipinski definition) is 1. The number of anilines is 1. The Labute approximate surface area is 186 Å². The van der Waals surface area contributed by atoms with Gasteiger partial charge in [-0.2, -0.15) is 0 Å². The van der Waals surface area contributed by atoms with Gasteiger partial charge in [0.15, 0.2) is 0 Å². The maximum Gasteiger partial charge on any atom is 0.410 e. The fourth-order valence-corrected chi connectivity index (χ4v) is 5.12. The van der Waals surface area contributed by atoms with Crippen LogP contribution in [-0.4, -0.2) is 71.4 Å². The quantitative estimate of drug-likeness (QED) is 0.700. The van der Waals surface area contributed by atoms with Crippen molar-refractivity contribution >= 4 is 29.5 Å². The average Bonchev–Trinajstić information content (AvgIpc) is 2.94. The number of carbonyl (C=O) groups is 4. The molecule has 9 nitrogen and oxygen atoms in total. The number of carbonyl (C=O) groups excluding carboxylic acids is 4. The Morgan fingerprint density at radius 3 is 2.50 bits per heavy atom. The lowest BCUT2D eigenvalue weighted by atomic mass is 9.72. The van der Waals surface area contributed by atoms with Crippen LogP contribution in [-0.2, 0) is 20.9 Å². The number of ether oxygens (including phenoxy) is 1. The molecular formula is C23H28N4O5. The highest BCUT2D eigenvalue weighted by atomic mass is 16.6. The first-order chi connectivity index (χ1) is 15.0.